The minimum atomic E-state index is -1.01. The molecule has 0 spiro atoms. The van der Waals surface area contributed by atoms with Gasteiger partial charge in [-0.2, -0.15) is 0 Å². The summed E-state index contributed by atoms with van der Waals surface area (Å²) < 4.78 is 16.6. The molecule has 5 atom stereocenters. The second-order valence-corrected chi connectivity index (χ2v) is 6.19. The van der Waals surface area contributed by atoms with E-state index in [0.717, 1.165) is 5.56 Å². The van der Waals surface area contributed by atoms with Crippen LogP contribution in [0.2, 0.25) is 0 Å². The van der Waals surface area contributed by atoms with Crippen molar-refractivity contribution in [2.24, 2.45) is 10.2 Å². The van der Waals surface area contributed by atoms with Gasteiger partial charge in [-0.1, -0.05) is 40.6 Å². The van der Waals surface area contributed by atoms with Gasteiger partial charge in [0.05, 0.1) is 18.7 Å². The van der Waals surface area contributed by atoms with Gasteiger partial charge in [-0.05, 0) is 23.0 Å². The SMILES string of the molecule is CC(=O)O[C@@H]1C(OCc2ccccc2)[C@H](OC(C)=O)[C@@H](N=[N+]=[N-])C[C@H]1N=[N+]=[N-]. The van der Waals surface area contributed by atoms with E-state index in [2.05, 4.69) is 20.1 Å². The lowest BCUT2D eigenvalue weighted by Gasteiger charge is -2.42. The van der Waals surface area contributed by atoms with E-state index in [4.69, 9.17) is 25.3 Å². The molecule has 0 bridgehead atoms. The Balaban J connectivity index is 2.40. The van der Waals surface area contributed by atoms with Crippen molar-refractivity contribution >= 4 is 11.9 Å². The van der Waals surface area contributed by atoms with E-state index in [-0.39, 0.29) is 13.0 Å². The third kappa shape index (κ3) is 5.62. The molecule has 1 aliphatic rings. The predicted octanol–water partition coefficient (Wildman–Crippen LogP) is 3.20. The molecule has 0 aliphatic heterocycles. The van der Waals surface area contributed by atoms with Crippen LogP contribution in [0.5, 0.6) is 0 Å². The second-order valence-electron chi connectivity index (χ2n) is 6.19. The third-order valence-electron chi connectivity index (χ3n) is 4.18. The molecule has 0 aromatic heterocycles. The van der Waals surface area contributed by atoms with Crippen LogP contribution < -0.4 is 0 Å². The Morgan fingerprint density at radius 1 is 0.964 bits per heavy atom. The zero-order valence-corrected chi connectivity index (χ0v) is 15.4. The van der Waals surface area contributed by atoms with E-state index in [1.54, 1.807) is 0 Å². The maximum absolute atomic E-state index is 11.6. The summed E-state index contributed by atoms with van der Waals surface area (Å²) in [5.74, 6) is -1.22. The molecule has 1 aromatic rings. The van der Waals surface area contributed by atoms with Crippen LogP contribution in [0, 0.1) is 0 Å². The summed E-state index contributed by atoms with van der Waals surface area (Å²) in [7, 11) is 0. The number of benzene rings is 1. The zero-order chi connectivity index (χ0) is 20.5. The van der Waals surface area contributed by atoms with E-state index in [1.807, 2.05) is 30.3 Å². The van der Waals surface area contributed by atoms with Gasteiger partial charge in [-0.15, -0.1) is 0 Å². The van der Waals surface area contributed by atoms with Crippen LogP contribution in [-0.4, -0.2) is 42.3 Å². The van der Waals surface area contributed by atoms with Crippen LogP contribution in [0.15, 0.2) is 40.6 Å². The van der Waals surface area contributed by atoms with Crippen LogP contribution in [0.4, 0.5) is 0 Å². The fraction of sp³-hybridized carbons (Fsp3) is 0.529. The minimum Gasteiger partial charge on any atom is -0.459 e. The van der Waals surface area contributed by atoms with Crippen LogP contribution in [0.3, 0.4) is 0 Å². The van der Waals surface area contributed by atoms with E-state index in [9.17, 15) is 9.59 Å². The first-order valence-corrected chi connectivity index (χ1v) is 8.54. The van der Waals surface area contributed by atoms with Gasteiger partial charge in [0.25, 0.3) is 0 Å². The molecule has 1 aromatic carbocycles. The Bertz CT molecular complexity index is 746. The number of carbonyl (C=O) groups excluding carboxylic acids is 2. The lowest BCUT2D eigenvalue weighted by atomic mass is 9.84. The van der Waals surface area contributed by atoms with Gasteiger partial charge in [-0.3, -0.25) is 9.59 Å². The first-order valence-electron chi connectivity index (χ1n) is 8.54. The van der Waals surface area contributed by atoms with Crippen molar-refractivity contribution in [1.29, 1.82) is 0 Å². The molecule has 1 unspecified atom stereocenters. The van der Waals surface area contributed by atoms with Crippen molar-refractivity contribution in [1.82, 2.24) is 0 Å². The van der Waals surface area contributed by atoms with Crippen LogP contribution in [-0.2, 0) is 30.4 Å². The smallest absolute Gasteiger partial charge is 0.303 e. The lowest BCUT2D eigenvalue weighted by molar-refractivity contribution is -0.189. The van der Waals surface area contributed by atoms with Crippen molar-refractivity contribution in [3.05, 3.63) is 56.8 Å². The largest absolute Gasteiger partial charge is 0.459 e. The predicted molar refractivity (Wildman–Crippen MR) is 96.6 cm³/mol. The molecule has 1 saturated carbocycles. The van der Waals surface area contributed by atoms with Crippen LogP contribution in [0.25, 0.3) is 20.9 Å². The minimum absolute atomic E-state index is 0.0369. The maximum atomic E-state index is 11.6. The Labute approximate surface area is 160 Å². The summed E-state index contributed by atoms with van der Waals surface area (Å²) in [4.78, 5) is 28.8. The molecule has 11 heteroatoms. The highest BCUT2D eigenvalue weighted by molar-refractivity contribution is 5.67. The lowest BCUT2D eigenvalue weighted by Crippen LogP contribution is -2.58. The average molecular weight is 388 g/mol. The molecule has 148 valence electrons. The van der Waals surface area contributed by atoms with E-state index in [1.165, 1.54) is 13.8 Å². The molecule has 0 heterocycles. The van der Waals surface area contributed by atoms with Crippen molar-refractivity contribution < 1.29 is 23.8 Å². The molecule has 0 radical (unpaired) electrons. The summed E-state index contributed by atoms with van der Waals surface area (Å²) in [6.07, 6.45) is -2.97. The maximum Gasteiger partial charge on any atom is 0.303 e. The number of hydrogen-bond donors (Lipinski definition) is 0. The molecule has 11 nitrogen and oxygen atoms in total. The van der Waals surface area contributed by atoms with E-state index >= 15 is 0 Å². The van der Waals surface area contributed by atoms with Crippen LogP contribution >= 0.6 is 0 Å². The van der Waals surface area contributed by atoms with Gasteiger partial charge in [0, 0.05) is 23.7 Å². The quantitative estimate of drug-likeness (QED) is 0.303. The molecule has 28 heavy (non-hydrogen) atoms. The first kappa shape index (κ1) is 21.0. The third-order valence-corrected chi connectivity index (χ3v) is 4.18. The summed E-state index contributed by atoms with van der Waals surface area (Å²) in [6.45, 7) is 2.54. The fourth-order valence-corrected chi connectivity index (χ4v) is 3.13. The topological polar surface area (TPSA) is 159 Å². The molecule has 0 saturated heterocycles. The summed E-state index contributed by atoms with van der Waals surface area (Å²) in [5, 5.41) is 7.34. The van der Waals surface area contributed by atoms with Gasteiger partial charge in [0.2, 0.25) is 0 Å². The summed E-state index contributed by atoms with van der Waals surface area (Å²) in [5.41, 5.74) is 18.6. The van der Waals surface area contributed by atoms with Crippen LogP contribution in [0.1, 0.15) is 25.8 Å². The number of nitrogens with zero attached hydrogens (tertiary/aromatic N) is 6. The van der Waals surface area contributed by atoms with Crippen molar-refractivity contribution in [3.8, 4) is 0 Å². The van der Waals surface area contributed by atoms with Gasteiger partial charge in [0.15, 0.2) is 0 Å². The molecule has 2 rings (SSSR count). The Kier molecular flexibility index (Phi) is 7.65. The number of azide groups is 2. The first-order chi connectivity index (χ1) is 13.5. The molecular weight excluding hydrogens is 368 g/mol. The number of esters is 2. The molecular formula is C17H20N6O5. The second kappa shape index (κ2) is 10.2. The highest BCUT2D eigenvalue weighted by Crippen LogP contribution is 2.32. The zero-order valence-electron chi connectivity index (χ0n) is 15.4. The van der Waals surface area contributed by atoms with Gasteiger partial charge >= 0.3 is 11.9 Å². The van der Waals surface area contributed by atoms with Gasteiger partial charge < -0.3 is 14.2 Å². The van der Waals surface area contributed by atoms with Gasteiger partial charge in [0.1, 0.15) is 18.3 Å². The summed E-state index contributed by atoms with van der Waals surface area (Å²) in [6, 6.07) is 7.48. The van der Waals surface area contributed by atoms with E-state index in [0.29, 0.717) is 0 Å². The van der Waals surface area contributed by atoms with Crippen molar-refractivity contribution in [2.75, 3.05) is 0 Å². The van der Waals surface area contributed by atoms with Crippen molar-refractivity contribution in [3.63, 3.8) is 0 Å². The fourth-order valence-electron chi connectivity index (χ4n) is 3.13. The highest BCUT2D eigenvalue weighted by Gasteiger charge is 2.49. The standard InChI is InChI=1S/C17H20N6O5/c1-10(24)27-15-13(20-22-18)8-14(21-23-19)16(28-11(2)25)17(15)26-9-12-6-4-3-5-7-12/h3-7,13-17H,8-9H2,1-2H3/t13-,14+,15+,16-,17?. The number of hydrogen-bond acceptors (Lipinski definition) is 7. The average Bonchev–Trinajstić information content (AvgIpc) is 2.65. The molecule has 1 fully saturated rings. The normalized spacial score (nSPS) is 26.3. The number of rotatable bonds is 7. The molecule has 1 aliphatic carbocycles. The monoisotopic (exact) mass is 388 g/mol. The molecule has 0 N–H and O–H groups in total. The van der Waals surface area contributed by atoms with E-state index < -0.39 is 42.3 Å². The highest BCUT2D eigenvalue weighted by atomic mass is 16.6. The number of carbonyl (C=O) groups is 2. The number of ether oxygens (including phenoxy) is 3. The van der Waals surface area contributed by atoms with Crippen molar-refractivity contribution in [2.45, 2.75) is 57.3 Å². The summed E-state index contributed by atoms with van der Waals surface area (Å²) >= 11 is 0. The van der Waals surface area contributed by atoms with Gasteiger partial charge in [-0.25, -0.2) is 0 Å². The Morgan fingerprint density at radius 3 is 1.89 bits per heavy atom. The Hall–Kier alpha value is -3.26. The molecule has 0 amide bonds. The Morgan fingerprint density at radius 2 is 1.46 bits per heavy atom.